The predicted molar refractivity (Wildman–Crippen MR) is 97.0 cm³/mol. The molecule has 0 unspecified atom stereocenters. The molecule has 0 radical (unpaired) electrons. The van der Waals surface area contributed by atoms with E-state index >= 15 is 0 Å². The predicted octanol–water partition coefficient (Wildman–Crippen LogP) is 1.56. The molecule has 0 aromatic carbocycles. The molecule has 3 aromatic rings. The molecule has 0 atom stereocenters. The van der Waals surface area contributed by atoms with Gasteiger partial charge in [0.1, 0.15) is 11.2 Å². The highest BCUT2D eigenvalue weighted by Gasteiger charge is 2.29. The van der Waals surface area contributed by atoms with Gasteiger partial charge in [-0.25, -0.2) is 17.9 Å². The van der Waals surface area contributed by atoms with Crippen LogP contribution in [0, 0.1) is 13.8 Å². The van der Waals surface area contributed by atoms with Gasteiger partial charge in [-0.2, -0.15) is 14.5 Å². The summed E-state index contributed by atoms with van der Waals surface area (Å²) in [6.45, 7) is 4.59. The lowest BCUT2D eigenvalue weighted by Crippen LogP contribution is -2.35. The fourth-order valence-electron chi connectivity index (χ4n) is 3.29. The number of nitrogens with zero attached hydrogens (tertiary/aromatic N) is 6. The molecule has 9 heteroatoms. The molecular weight excluding hydrogens is 352 g/mol. The lowest BCUT2D eigenvalue weighted by atomic mass is 9.97. The van der Waals surface area contributed by atoms with Gasteiger partial charge in [-0.1, -0.05) is 6.08 Å². The summed E-state index contributed by atoms with van der Waals surface area (Å²) >= 11 is 0. The van der Waals surface area contributed by atoms with Crippen LogP contribution in [0.25, 0.3) is 11.2 Å². The van der Waals surface area contributed by atoms with E-state index in [9.17, 15) is 8.42 Å². The van der Waals surface area contributed by atoms with Gasteiger partial charge in [0.15, 0.2) is 5.65 Å². The highest BCUT2D eigenvalue weighted by atomic mass is 32.2. The van der Waals surface area contributed by atoms with Gasteiger partial charge >= 0.3 is 0 Å². The maximum Gasteiger partial charge on any atom is 0.246 e. The number of sulfonamides is 1. The Balaban J connectivity index is 1.63. The van der Waals surface area contributed by atoms with Crippen LogP contribution in [0.4, 0.5) is 0 Å². The Morgan fingerprint density at radius 3 is 2.65 bits per heavy atom. The molecule has 0 bridgehead atoms. The maximum absolute atomic E-state index is 12.9. The quantitative estimate of drug-likeness (QED) is 0.696. The smallest absolute Gasteiger partial charge is 0.246 e. The van der Waals surface area contributed by atoms with Crippen LogP contribution in [0.2, 0.25) is 0 Å². The van der Waals surface area contributed by atoms with Crippen molar-refractivity contribution in [1.29, 1.82) is 0 Å². The van der Waals surface area contributed by atoms with Crippen molar-refractivity contribution in [3.63, 3.8) is 0 Å². The largest absolute Gasteiger partial charge is 0.272 e. The van der Waals surface area contributed by atoms with E-state index in [4.69, 9.17) is 0 Å². The SMILES string of the molecule is Cc1cn2ncnc2cc1C1=CCN(S(=O)(=O)c2cnn(C)c2C)CC1. The zero-order chi connectivity index (χ0) is 18.5. The fraction of sp³-hybridized carbons (Fsp3) is 0.353. The van der Waals surface area contributed by atoms with Gasteiger partial charge in [-0.05, 0) is 43.0 Å². The molecule has 0 amide bonds. The first-order valence-corrected chi connectivity index (χ1v) is 9.80. The minimum Gasteiger partial charge on any atom is -0.272 e. The zero-order valence-corrected chi connectivity index (χ0v) is 15.7. The Morgan fingerprint density at radius 2 is 2.00 bits per heavy atom. The number of aromatic nitrogens is 5. The summed E-state index contributed by atoms with van der Waals surface area (Å²) in [5, 5.41) is 8.20. The number of hydrogen-bond acceptors (Lipinski definition) is 5. The second-order valence-electron chi connectivity index (χ2n) is 6.49. The number of hydrogen-bond donors (Lipinski definition) is 0. The van der Waals surface area contributed by atoms with E-state index in [1.165, 1.54) is 16.8 Å². The van der Waals surface area contributed by atoms with Crippen LogP contribution in [-0.2, 0) is 17.1 Å². The first-order valence-electron chi connectivity index (χ1n) is 8.36. The van der Waals surface area contributed by atoms with Crippen molar-refractivity contribution in [2.24, 2.45) is 7.05 Å². The second kappa shape index (κ2) is 6.03. The number of fused-ring (bicyclic) bond motifs is 1. The van der Waals surface area contributed by atoms with Gasteiger partial charge in [-0.15, -0.1) is 0 Å². The van der Waals surface area contributed by atoms with E-state index in [2.05, 4.69) is 15.2 Å². The van der Waals surface area contributed by atoms with Crippen LogP contribution in [-0.4, -0.2) is 50.2 Å². The van der Waals surface area contributed by atoms with E-state index in [0.29, 0.717) is 25.2 Å². The molecule has 0 saturated heterocycles. The van der Waals surface area contributed by atoms with Crippen LogP contribution in [0.3, 0.4) is 0 Å². The molecule has 0 aliphatic carbocycles. The summed E-state index contributed by atoms with van der Waals surface area (Å²) in [5.41, 5.74) is 4.76. The number of pyridine rings is 1. The van der Waals surface area contributed by atoms with Gasteiger partial charge in [0, 0.05) is 26.3 Å². The summed E-state index contributed by atoms with van der Waals surface area (Å²) in [6, 6.07) is 2.00. The summed E-state index contributed by atoms with van der Waals surface area (Å²) in [6.07, 6.45) is 7.54. The molecule has 8 nitrogen and oxygen atoms in total. The van der Waals surface area contributed by atoms with E-state index < -0.39 is 10.0 Å². The molecular formula is C17H20N6O2S. The Hall–Kier alpha value is -2.52. The third kappa shape index (κ3) is 2.63. The van der Waals surface area contributed by atoms with Crippen molar-refractivity contribution >= 4 is 21.2 Å². The van der Waals surface area contributed by atoms with E-state index in [1.807, 2.05) is 25.3 Å². The minimum absolute atomic E-state index is 0.276. The Labute approximate surface area is 151 Å². The minimum atomic E-state index is -3.53. The summed E-state index contributed by atoms with van der Waals surface area (Å²) in [7, 11) is -1.79. The Kier molecular flexibility index (Phi) is 3.92. The molecule has 0 saturated carbocycles. The lowest BCUT2D eigenvalue weighted by Gasteiger charge is -2.26. The molecule has 4 heterocycles. The molecule has 0 spiro atoms. The van der Waals surface area contributed by atoms with Crippen molar-refractivity contribution in [2.45, 2.75) is 25.2 Å². The molecule has 1 aliphatic rings. The van der Waals surface area contributed by atoms with Crippen molar-refractivity contribution in [1.82, 2.24) is 28.7 Å². The first-order chi connectivity index (χ1) is 12.4. The number of aryl methyl sites for hydroxylation is 2. The fourth-order valence-corrected chi connectivity index (χ4v) is 4.85. The maximum atomic E-state index is 12.9. The topological polar surface area (TPSA) is 85.4 Å². The van der Waals surface area contributed by atoms with Crippen LogP contribution >= 0.6 is 0 Å². The van der Waals surface area contributed by atoms with Gasteiger partial charge < -0.3 is 0 Å². The van der Waals surface area contributed by atoms with Gasteiger partial charge in [-0.3, -0.25) is 4.68 Å². The molecule has 0 N–H and O–H groups in total. The zero-order valence-electron chi connectivity index (χ0n) is 14.9. The van der Waals surface area contributed by atoms with E-state index in [0.717, 1.165) is 22.3 Å². The first kappa shape index (κ1) is 16.9. The third-order valence-corrected chi connectivity index (χ3v) is 6.91. The molecule has 4 rings (SSSR count). The van der Waals surface area contributed by atoms with Gasteiger partial charge in [0.25, 0.3) is 0 Å². The van der Waals surface area contributed by atoms with Crippen LogP contribution in [0.15, 0.2) is 35.8 Å². The summed E-state index contributed by atoms with van der Waals surface area (Å²) < 4.78 is 30.6. The average Bonchev–Trinajstić information content (AvgIpc) is 3.21. The highest BCUT2D eigenvalue weighted by molar-refractivity contribution is 7.89. The summed E-state index contributed by atoms with van der Waals surface area (Å²) in [5.74, 6) is 0. The Bertz CT molecular complexity index is 1130. The molecule has 3 aromatic heterocycles. The molecule has 26 heavy (non-hydrogen) atoms. The van der Waals surface area contributed by atoms with Gasteiger partial charge in [0.05, 0.1) is 11.9 Å². The Morgan fingerprint density at radius 1 is 1.19 bits per heavy atom. The van der Waals surface area contributed by atoms with E-state index in [1.54, 1.807) is 23.2 Å². The normalized spacial score (nSPS) is 16.2. The molecule has 0 fully saturated rings. The monoisotopic (exact) mass is 372 g/mol. The lowest BCUT2D eigenvalue weighted by molar-refractivity contribution is 0.440. The third-order valence-electron chi connectivity index (χ3n) is 4.94. The van der Waals surface area contributed by atoms with Crippen LogP contribution in [0.1, 0.15) is 23.2 Å². The van der Waals surface area contributed by atoms with Crippen LogP contribution in [0.5, 0.6) is 0 Å². The van der Waals surface area contributed by atoms with Crippen molar-refractivity contribution in [3.05, 3.63) is 47.7 Å². The second-order valence-corrected chi connectivity index (χ2v) is 8.40. The van der Waals surface area contributed by atoms with E-state index in [-0.39, 0.29) is 4.90 Å². The van der Waals surface area contributed by atoms with Crippen molar-refractivity contribution in [2.75, 3.05) is 13.1 Å². The highest BCUT2D eigenvalue weighted by Crippen LogP contribution is 2.29. The van der Waals surface area contributed by atoms with Crippen molar-refractivity contribution in [3.8, 4) is 0 Å². The average molecular weight is 372 g/mol. The standard InChI is InChI=1S/C17H20N6O2S/c1-12-10-23-17(18-11-20-23)8-15(12)14-4-6-22(7-5-14)26(24,25)16-9-19-21(3)13(16)2/h4,8-11H,5-7H2,1-3H3. The molecule has 136 valence electrons. The number of rotatable bonds is 3. The summed E-state index contributed by atoms with van der Waals surface area (Å²) in [4.78, 5) is 4.51. The van der Waals surface area contributed by atoms with Crippen molar-refractivity contribution < 1.29 is 8.42 Å². The molecule has 1 aliphatic heterocycles. The van der Waals surface area contributed by atoms with Gasteiger partial charge in [0.2, 0.25) is 10.0 Å². The van der Waals surface area contributed by atoms with Crippen LogP contribution < -0.4 is 0 Å².